The van der Waals surface area contributed by atoms with E-state index in [0.29, 0.717) is 0 Å². The number of rotatable bonds is 1. The van der Waals surface area contributed by atoms with Gasteiger partial charge in [0.25, 0.3) is 0 Å². The number of aromatic nitrogens is 1. The fourth-order valence-electron chi connectivity index (χ4n) is 4.89. The van der Waals surface area contributed by atoms with Crippen LogP contribution in [0.2, 0.25) is 0 Å². The normalized spacial score (nSPS) is 11.8. The van der Waals surface area contributed by atoms with Crippen molar-refractivity contribution >= 4 is 43.4 Å². The van der Waals surface area contributed by atoms with Crippen LogP contribution in [0.1, 0.15) is 11.1 Å². The van der Waals surface area contributed by atoms with E-state index in [-0.39, 0.29) is 0 Å². The molecule has 1 heteroatoms. The summed E-state index contributed by atoms with van der Waals surface area (Å²) in [6.45, 7) is 4.41. The Morgan fingerprint density at radius 1 is 0.483 bits per heavy atom. The molecule has 0 saturated carbocycles. The molecular formula is C28H21N. The Morgan fingerprint density at radius 2 is 1.00 bits per heavy atom. The first-order valence-corrected chi connectivity index (χ1v) is 10.1. The second-order valence-corrected chi connectivity index (χ2v) is 7.94. The average Bonchev–Trinajstić information content (AvgIpc) is 3.08. The lowest BCUT2D eigenvalue weighted by atomic mass is 9.95. The van der Waals surface area contributed by atoms with Crippen molar-refractivity contribution in [1.82, 2.24) is 4.57 Å². The molecule has 0 atom stereocenters. The van der Waals surface area contributed by atoms with Crippen molar-refractivity contribution in [2.75, 3.05) is 0 Å². The van der Waals surface area contributed by atoms with Crippen LogP contribution in [0, 0.1) is 13.8 Å². The van der Waals surface area contributed by atoms with Crippen LogP contribution in [0.15, 0.2) is 91.0 Å². The van der Waals surface area contributed by atoms with Crippen LogP contribution in [0.25, 0.3) is 49.0 Å². The molecule has 1 heterocycles. The summed E-state index contributed by atoms with van der Waals surface area (Å²) in [6, 6.07) is 33.2. The summed E-state index contributed by atoms with van der Waals surface area (Å²) in [7, 11) is 0. The van der Waals surface area contributed by atoms with Crippen molar-refractivity contribution < 1.29 is 0 Å². The predicted octanol–water partition coefficient (Wildman–Crippen LogP) is 7.71. The van der Waals surface area contributed by atoms with E-state index in [1.165, 1.54) is 60.2 Å². The third-order valence-corrected chi connectivity index (χ3v) is 6.22. The van der Waals surface area contributed by atoms with E-state index in [9.17, 15) is 0 Å². The molecule has 0 radical (unpaired) electrons. The first-order chi connectivity index (χ1) is 14.2. The quantitative estimate of drug-likeness (QED) is 0.261. The van der Waals surface area contributed by atoms with Gasteiger partial charge in [0, 0.05) is 21.5 Å². The van der Waals surface area contributed by atoms with Crippen molar-refractivity contribution in [1.29, 1.82) is 0 Å². The molecule has 0 saturated heterocycles. The third-order valence-electron chi connectivity index (χ3n) is 6.22. The van der Waals surface area contributed by atoms with Crippen molar-refractivity contribution in [3.63, 3.8) is 0 Å². The molecule has 0 amide bonds. The lowest BCUT2D eigenvalue weighted by Gasteiger charge is -2.17. The SMILES string of the molecule is Cc1ccc2c(c1)c1ccccc1n2-c1c2ccccc2c(C)c2ccccc12. The van der Waals surface area contributed by atoms with Crippen LogP contribution in [-0.4, -0.2) is 4.57 Å². The zero-order valence-electron chi connectivity index (χ0n) is 16.6. The van der Waals surface area contributed by atoms with Gasteiger partial charge in [-0.25, -0.2) is 0 Å². The molecule has 0 bridgehead atoms. The zero-order chi connectivity index (χ0) is 19.5. The molecule has 0 aliphatic carbocycles. The van der Waals surface area contributed by atoms with E-state index < -0.39 is 0 Å². The van der Waals surface area contributed by atoms with Gasteiger partial charge in [-0.2, -0.15) is 0 Å². The van der Waals surface area contributed by atoms with Gasteiger partial charge in [-0.05, 0) is 48.4 Å². The highest BCUT2D eigenvalue weighted by atomic mass is 15.0. The summed E-state index contributed by atoms with van der Waals surface area (Å²) in [5.74, 6) is 0. The minimum absolute atomic E-state index is 1.26. The number of hydrogen-bond donors (Lipinski definition) is 0. The Labute approximate surface area is 169 Å². The Balaban J connectivity index is 1.94. The van der Waals surface area contributed by atoms with Gasteiger partial charge >= 0.3 is 0 Å². The van der Waals surface area contributed by atoms with E-state index in [4.69, 9.17) is 0 Å². The Morgan fingerprint density at radius 3 is 1.66 bits per heavy atom. The summed E-state index contributed by atoms with van der Waals surface area (Å²) in [4.78, 5) is 0. The van der Waals surface area contributed by atoms with Gasteiger partial charge in [0.05, 0.1) is 16.7 Å². The first-order valence-electron chi connectivity index (χ1n) is 10.1. The van der Waals surface area contributed by atoms with Crippen molar-refractivity contribution in [2.24, 2.45) is 0 Å². The molecule has 5 aromatic carbocycles. The fraction of sp³-hybridized carbons (Fsp3) is 0.0714. The van der Waals surface area contributed by atoms with Gasteiger partial charge in [0.2, 0.25) is 0 Å². The molecule has 0 fully saturated rings. The van der Waals surface area contributed by atoms with Gasteiger partial charge in [0.1, 0.15) is 0 Å². The summed E-state index contributed by atoms with van der Waals surface area (Å²) >= 11 is 0. The van der Waals surface area contributed by atoms with Crippen LogP contribution >= 0.6 is 0 Å². The number of aryl methyl sites for hydroxylation is 2. The fourth-order valence-corrected chi connectivity index (χ4v) is 4.89. The van der Waals surface area contributed by atoms with Gasteiger partial charge in [-0.3, -0.25) is 0 Å². The molecular weight excluding hydrogens is 350 g/mol. The summed E-state index contributed by atoms with van der Waals surface area (Å²) in [5, 5.41) is 7.85. The molecule has 29 heavy (non-hydrogen) atoms. The van der Waals surface area contributed by atoms with E-state index in [1.807, 2.05) is 0 Å². The van der Waals surface area contributed by atoms with Crippen LogP contribution in [0.4, 0.5) is 0 Å². The second-order valence-electron chi connectivity index (χ2n) is 7.94. The number of nitrogens with zero attached hydrogens (tertiary/aromatic N) is 1. The standard InChI is InChI=1S/C28H21N/c1-18-15-16-27-25(17-18)22-11-7-8-14-26(22)29(27)28-23-12-5-3-9-20(23)19(2)21-10-4-6-13-24(21)28/h3-17H,1-2H3. The number of fused-ring (bicyclic) bond motifs is 5. The molecule has 1 aromatic heterocycles. The molecule has 0 spiro atoms. The molecule has 138 valence electrons. The van der Waals surface area contributed by atoms with E-state index in [1.54, 1.807) is 0 Å². The average molecular weight is 371 g/mol. The summed E-state index contributed by atoms with van der Waals surface area (Å²) in [5.41, 5.74) is 6.43. The second kappa shape index (κ2) is 5.96. The molecule has 0 aliphatic rings. The van der Waals surface area contributed by atoms with Crippen molar-refractivity contribution in [3.8, 4) is 5.69 Å². The highest BCUT2D eigenvalue weighted by molar-refractivity contribution is 6.16. The smallest absolute Gasteiger partial charge is 0.0619 e. The highest BCUT2D eigenvalue weighted by Gasteiger charge is 2.18. The maximum atomic E-state index is 2.47. The van der Waals surface area contributed by atoms with Gasteiger partial charge < -0.3 is 4.57 Å². The van der Waals surface area contributed by atoms with Gasteiger partial charge in [-0.15, -0.1) is 0 Å². The minimum atomic E-state index is 1.26. The predicted molar refractivity (Wildman–Crippen MR) is 125 cm³/mol. The van der Waals surface area contributed by atoms with E-state index >= 15 is 0 Å². The van der Waals surface area contributed by atoms with Gasteiger partial charge in [-0.1, -0.05) is 78.4 Å². The zero-order valence-corrected chi connectivity index (χ0v) is 16.6. The number of hydrogen-bond acceptors (Lipinski definition) is 0. The molecule has 1 nitrogen and oxygen atoms in total. The molecule has 0 unspecified atom stereocenters. The molecule has 0 N–H and O–H groups in total. The van der Waals surface area contributed by atoms with Crippen molar-refractivity contribution in [2.45, 2.75) is 13.8 Å². The van der Waals surface area contributed by atoms with Crippen LogP contribution in [-0.2, 0) is 0 Å². The van der Waals surface area contributed by atoms with Crippen LogP contribution in [0.5, 0.6) is 0 Å². The highest BCUT2D eigenvalue weighted by Crippen LogP contribution is 2.40. The molecule has 0 aliphatic heterocycles. The molecule has 6 aromatic rings. The molecule has 6 rings (SSSR count). The maximum absolute atomic E-state index is 2.47. The Kier molecular flexibility index (Phi) is 3.36. The van der Waals surface area contributed by atoms with E-state index in [2.05, 4.69) is 109 Å². The minimum Gasteiger partial charge on any atom is -0.308 e. The van der Waals surface area contributed by atoms with Crippen molar-refractivity contribution in [3.05, 3.63) is 102 Å². The third kappa shape index (κ3) is 2.22. The maximum Gasteiger partial charge on any atom is 0.0619 e. The summed E-state index contributed by atoms with van der Waals surface area (Å²) < 4.78 is 2.47. The van der Waals surface area contributed by atoms with Gasteiger partial charge in [0.15, 0.2) is 0 Å². The number of para-hydroxylation sites is 1. The number of benzene rings is 5. The van der Waals surface area contributed by atoms with Crippen LogP contribution in [0.3, 0.4) is 0 Å². The Hall–Kier alpha value is -3.58. The van der Waals surface area contributed by atoms with E-state index in [0.717, 1.165) is 0 Å². The first kappa shape index (κ1) is 16.4. The topological polar surface area (TPSA) is 4.93 Å². The Bertz CT molecular complexity index is 1510. The van der Waals surface area contributed by atoms with Crippen LogP contribution < -0.4 is 0 Å². The lowest BCUT2D eigenvalue weighted by molar-refractivity contribution is 1.21. The summed E-state index contributed by atoms with van der Waals surface area (Å²) in [6.07, 6.45) is 0. The monoisotopic (exact) mass is 371 g/mol. The largest absolute Gasteiger partial charge is 0.308 e. The lowest BCUT2D eigenvalue weighted by Crippen LogP contribution is -1.98.